The van der Waals surface area contributed by atoms with E-state index in [9.17, 15) is 19.7 Å². The molecule has 0 aromatic heterocycles. The Morgan fingerprint density at radius 3 is 2.57 bits per heavy atom. The van der Waals surface area contributed by atoms with Crippen molar-refractivity contribution in [2.45, 2.75) is 13.8 Å². The average Bonchev–Trinajstić information content (AvgIpc) is 2.80. The molecule has 1 aromatic carbocycles. The zero-order chi connectivity index (χ0) is 15.7. The molecule has 1 aliphatic heterocycles. The van der Waals surface area contributed by atoms with Gasteiger partial charge in [0, 0.05) is 19.2 Å². The van der Waals surface area contributed by atoms with Crippen LogP contribution in [0.1, 0.15) is 22.8 Å². The topological polar surface area (TPSA) is 101 Å². The molecule has 2 atom stereocenters. The van der Waals surface area contributed by atoms with Gasteiger partial charge >= 0.3 is 5.97 Å². The summed E-state index contributed by atoms with van der Waals surface area (Å²) in [6.07, 6.45) is 0. The first-order valence-corrected chi connectivity index (χ1v) is 6.59. The van der Waals surface area contributed by atoms with E-state index in [1.165, 1.54) is 17.0 Å². The Bertz CT molecular complexity index is 613. The monoisotopic (exact) mass is 292 g/mol. The molecule has 0 spiro atoms. The second-order valence-corrected chi connectivity index (χ2v) is 5.36. The highest BCUT2D eigenvalue weighted by molar-refractivity contribution is 6.00. The Morgan fingerprint density at radius 2 is 2.05 bits per heavy atom. The van der Waals surface area contributed by atoms with Crippen LogP contribution in [0.5, 0.6) is 0 Å². The molecule has 0 radical (unpaired) electrons. The SMILES string of the molecule is Cc1cccc([N+](=O)[O-])c1C(=O)N1C[C@@H](C)[C@H](C(=O)O)C1. The Morgan fingerprint density at radius 1 is 1.38 bits per heavy atom. The molecule has 1 amide bonds. The number of nitrogens with zero attached hydrogens (tertiary/aromatic N) is 2. The lowest BCUT2D eigenvalue weighted by Gasteiger charge is -2.17. The predicted molar refractivity (Wildman–Crippen MR) is 74.0 cm³/mol. The van der Waals surface area contributed by atoms with Crippen molar-refractivity contribution in [3.05, 3.63) is 39.4 Å². The van der Waals surface area contributed by atoms with Crippen LogP contribution in [0.15, 0.2) is 18.2 Å². The molecule has 1 saturated heterocycles. The van der Waals surface area contributed by atoms with E-state index in [0.29, 0.717) is 12.1 Å². The third kappa shape index (κ3) is 2.72. The molecule has 1 N–H and O–H groups in total. The molecule has 0 saturated carbocycles. The molecule has 0 bridgehead atoms. The number of aliphatic carboxylic acids is 1. The smallest absolute Gasteiger partial charge is 0.308 e. The molecule has 0 unspecified atom stereocenters. The van der Waals surface area contributed by atoms with Gasteiger partial charge in [-0.25, -0.2) is 0 Å². The van der Waals surface area contributed by atoms with Crippen molar-refractivity contribution in [2.75, 3.05) is 13.1 Å². The quantitative estimate of drug-likeness (QED) is 0.675. The molecule has 1 fully saturated rings. The third-order valence-corrected chi connectivity index (χ3v) is 3.88. The number of rotatable bonds is 3. The Labute approximate surface area is 121 Å². The molecule has 7 nitrogen and oxygen atoms in total. The second-order valence-electron chi connectivity index (χ2n) is 5.36. The van der Waals surface area contributed by atoms with Gasteiger partial charge in [-0.1, -0.05) is 19.1 Å². The summed E-state index contributed by atoms with van der Waals surface area (Å²) in [5, 5.41) is 20.2. The number of hydrogen-bond acceptors (Lipinski definition) is 4. The lowest BCUT2D eigenvalue weighted by Crippen LogP contribution is -2.31. The fourth-order valence-electron chi connectivity index (χ4n) is 2.69. The minimum absolute atomic E-state index is 0.0424. The number of nitro benzene ring substituents is 1. The van der Waals surface area contributed by atoms with E-state index in [-0.39, 0.29) is 23.7 Å². The van der Waals surface area contributed by atoms with E-state index in [1.54, 1.807) is 19.9 Å². The Hall–Kier alpha value is -2.44. The van der Waals surface area contributed by atoms with Crippen LogP contribution in [0.2, 0.25) is 0 Å². The van der Waals surface area contributed by atoms with Crippen LogP contribution in [0.4, 0.5) is 5.69 Å². The van der Waals surface area contributed by atoms with E-state index >= 15 is 0 Å². The molecule has 112 valence electrons. The number of likely N-dealkylation sites (tertiary alicyclic amines) is 1. The number of carbonyl (C=O) groups is 2. The zero-order valence-electron chi connectivity index (χ0n) is 11.8. The molecular weight excluding hydrogens is 276 g/mol. The first kappa shape index (κ1) is 15.0. The fraction of sp³-hybridized carbons (Fsp3) is 0.429. The second kappa shape index (κ2) is 5.51. The van der Waals surface area contributed by atoms with Gasteiger partial charge in [0.05, 0.1) is 10.8 Å². The zero-order valence-corrected chi connectivity index (χ0v) is 11.8. The van der Waals surface area contributed by atoms with Crippen molar-refractivity contribution < 1.29 is 19.6 Å². The summed E-state index contributed by atoms with van der Waals surface area (Å²) < 4.78 is 0. The van der Waals surface area contributed by atoms with Gasteiger partial charge in [-0.2, -0.15) is 0 Å². The first-order valence-electron chi connectivity index (χ1n) is 6.59. The van der Waals surface area contributed by atoms with Gasteiger partial charge in [-0.15, -0.1) is 0 Å². The summed E-state index contributed by atoms with van der Waals surface area (Å²) >= 11 is 0. The van der Waals surface area contributed by atoms with Crippen molar-refractivity contribution in [3.8, 4) is 0 Å². The lowest BCUT2D eigenvalue weighted by atomic mass is 9.99. The van der Waals surface area contributed by atoms with Gasteiger partial charge in [0.1, 0.15) is 5.56 Å². The number of nitro groups is 1. The molecular formula is C14H16N2O5. The molecule has 21 heavy (non-hydrogen) atoms. The van der Waals surface area contributed by atoms with Gasteiger partial charge in [0.2, 0.25) is 0 Å². The third-order valence-electron chi connectivity index (χ3n) is 3.88. The molecule has 1 aromatic rings. The Balaban J connectivity index is 2.34. The van der Waals surface area contributed by atoms with Crippen molar-refractivity contribution >= 4 is 17.6 Å². The van der Waals surface area contributed by atoms with E-state index in [1.807, 2.05) is 0 Å². The number of amides is 1. The summed E-state index contributed by atoms with van der Waals surface area (Å²) in [6.45, 7) is 3.77. The summed E-state index contributed by atoms with van der Waals surface area (Å²) in [4.78, 5) is 35.5. The summed E-state index contributed by atoms with van der Waals surface area (Å²) in [5.74, 6) is -2.22. The number of carboxylic acid groups (broad SMARTS) is 1. The predicted octanol–water partition coefficient (Wildman–Crippen LogP) is 1.70. The molecule has 7 heteroatoms. The van der Waals surface area contributed by atoms with Gasteiger partial charge in [-0.3, -0.25) is 19.7 Å². The molecule has 1 heterocycles. The minimum Gasteiger partial charge on any atom is -0.481 e. The van der Waals surface area contributed by atoms with Gasteiger partial charge in [0.25, 0.3) is 11.6 Å². The number of hydrogen-bond donors (Lipinski definition) is 1. The molecule has 1 aliphatic rings. The van der Waals surface area contributed by atoms with Crippen LogP contribution in [-0.4, -0.2) is 39.9 Å². The van der Waals surface area contributed by atoms with Crippen LogP contribution in [0, 0.1) is 28.9 Å². The molecule has 0 aliphatic carbocycles. The molecule has 2 rings (SSSR count). The largest absolute Gasteiger partial charge is 0.481 e. The summed E-state index contributed by atoms with van der Waals surface area (Å²) in [5.41, 5.74) is 0.313. The van der Waals surface area contributed by atoms with Crippen LogP contribution < -0.4 is 0 Å². The highest BCUT2D eigenvalue weighted by Crippen LogP contribution is 2.29. The van der Waals surface area contributed by atoms with E-state index < -0.39 is 22.7 Å². The van der Waals surface area contributed by atoms with Gasteiger partial charge < -0.3 is 10.0 Å². The highest BCUT2D eigenvalue weighted by Gasteiger charge is 2.39. The number of carboxylic acids is 1. The van der Waals surface area contributed by atoms with Crippen molar-refractivity contribution in [1.29, 1.82) is 0 Å². The van der Waals surface area contributed by atoms with E-state index in [0.717, 1.165) is 0 Å². The number of carbonyl (C=O) groups excluding carboxylic acids is 1. The van der Waals surface area contributed by atoms with E-state index in [4.69, 9.17) is 5.11 Å². The number of benzene rings is 1. The number of aryl methyl sites for hydroxylation is 1. The maximum Gasteiger partial charge on any atom is 0.308 e. The highest BCUT2D eigenvalue weighted by atomic mass is 16.6. The summed E-state index contributed by atoms with van der Waals surface area (Å²) in [7, 11) is 0. The maximum atomic E-state index is 12.5. The van der Waals surface area contributed by atoms with Gasteiger partial charge in [0.15, 0.2) is 0 Å². The lowest BCUT2D eigenvalue weighted by molar-refractivity contribution is -0.385. The van der Waals surface area contributed by atoms with Crippen molar-refractivity contribution in [2.24, 2.45) is 11.8 Å². The van der Waals surface area contributed by atoms with Crippen LogP contribution in [0.3, 0.4) is 0 Å². The normalized spacial score (nSPS) is 21.3. The van der Waals surface area contributed by atoms with Crippen molar-refractivity contribution in [3.63, 3.8) is 0 Å². The standard InChI is InChI=1S/C14H16N2O5/c1-8-4-3-5-11(16(20)21)12(8)13(17)15-6-9(2)10(7-15)14(18)19/h3-5,9-10H,6-7H2,1-2H3,(H,18,19)/t9-,10-/m1/s1. The van der Waals surface area contributed by atoms with Crippen LogP contribution >= 0.6 is 0 Å². The Kier molecular flexibility index (Phi) is 3.93. The maximum absolute atomic E-state index is 12.5. The van der Waals surface area contributed by atoms with E-state index in [2.05, 4.69) is 0 Å². The fourth-order valence-corrected chi connectivity index (χ4v) is 2.69. The average molecular weight is 292 g/mol. The first-order chi connectivity index (χ1) is 9.82. The van der Waals surface area contributed by atoms with Gasteiger partial charge in [-0.05, 0) is 18.4 Å². The van der Waals surface area contributed by atoms with Crippen molar-refractivity contribution in [1.82, 2.24) is 4.90 Å². The minimum atomic E-state index is -0.947. The van der Waals surface area contributed by atoms with Crippen LogP contribution in [-0.2, 0) is 4.79 Å². The summed E-state index contributed by atoms with van der Waals surface area (Å²) in [6, 6.07) is 4.44. The van der Waals surface area contributed by atoms with Crippen LogP contribution in [0.25, 0.3) is 0 Å².